The molecule has 4 N–H and O–H groups in total. The van der Waals surface area contributed by atoms with Gasteiger partial charge in [0, 0.05) is 23.8 Å². The van der Waals surface area contributed by atoms with Gasteiger partial charge in [-0.05, 0) is 17.7 Å². The summed E-state index contributed by atoms with van der Waals surface area (Å²) in [6.45, 7) is -0.602. The Morgan fingerprint density at radius 2 is 1.61 bits per heavy atom. The molecule has 2 aromatic carbocycles. The van der Waals surface area contributed by atoms with Gasteiger partial charge in [-0.1, -0.05) is 12.1 Å². The molecule has 1 saturated heterocycles. The van der Waals surface area contributed by atoms with Crippen LogP contribution < -0.4 is 19.8 Å². The molecule has 2 unspecified atom stereocenters. The first-order valence-corrected chi connectivity index (χ1v) is 10.1. The van der Waals surface area contributed by atoms with E-state index in [-0.39, 0.29) is 11.3 Å². The van der Waals surface area contributed by atoms with Crippen molar-refractivity contribution in [2.75, 3.05) is 20.8 Å². The van der Waals surface area contributed by atoms with Gasteiger partial charge in [-0.15, -0.1) is 0 Å². The minimum atomic E-state index is -1.62. The van der Waals surface area contributed by atoms with Crippen LogP contribution in [0.15, 0.2) is 51.7 Å². The van der Waals surface area contributed by atoms with E-state index in [2.05, 4.69) is 0 Å². The molecule has 2 heterocycles. The third-order valence-corrected chi connectivity index (χ3v) is 5.51. The lowest BCUT2D eigenvalue weighted by Gasteiger charge is -2.39. The zero-order valence-electron chi connectivity index (χ0n) is 17.9. The maximum absolute atomic E-state index is 12.3. The van der Waals surface area contributed by atoms with Crippen LogP contribution in [0.1, 0.15) is 0 Å². The van der Waals surface area contributed by atoms with E-state index in [0.29, 0.717) is 28.0 Å². The van der Waals surface area contributed by atoms with E-state index in [1.165, 1.54) is 25.3 Å². The SMILES string of the molecule is COc1ccc(-c2cc(=O)oc3cc(OC)cc(O[C@@H]4OC(CO)[C@H](O)[C@H](O)C4O)c23)cc1. The molecule has 0 amide bonds. The molecule has 10 nitrogen and oxygen atoms in total. The predicted molar refractivity (Wildman–Crippen MR) is 115 cm³/mol. The van der Waals surface area contributed by atoms with Crippen molar-refractivity contribution in [1.29, 1.82) is 0 Å². The summed E-state index contributed by atoms with van der Waals surface area (Å²) in [4.78, 5) is 12.3. The normalized spacial score (nSPS) is 25.1. The summed E-state index contributed by atoms with van der Waals surface area (Å²) < 4.78 is 27.2. The highest BCUT2D eigenvalue weighted by Crippen LogP contribution is 2.39. The average Bonchev–Trinajstić information content (AvgIpc) is 2.83. The molecule has 3 aromatic rings. The smallest absolute Gasteiger partial charge is 0.336 e. The second kappa shape index (κ2) is 9.38. The Hall–Kier alpha value is -3.15. The van der Waals surface area contributed by atoms with E-state index in [9.17, 15) is 25.2 Å². The molecule has 0 saturated carbocycles. The number of fused-ring (bicyclic) bond motifs is 1. The number of rotatable bonds is 6. The van der Waals surface area contributed by atoms with Gasteiger partial charge in [0.05, 0.1) is 26.2 Å². The fourth-order valence-corrected chi connectivity index (χ4v) is 3.74. The second-order valence-electron chi connectivity index (χ2n) is 7.52. The Morgan fingerprint density at radius 1 is 0.909 bits per heavy atom. The number of methoxy groups -OCH3 is 2. The Kier molecular flexibility index (Phi) is 6.54. The molecule has 0 bridgehead atoms. The van der Waals surface area contributed by atoms with Crippen LogP contribution in [0.4, 0.5) is 0 Å². The van der Waals surface area contributed by atoms with Gasteiger partial charge in [-0.3, -0.25) is 0 Å². The maximum atomic E-state index is 12.3. The van der Waals surface area contributed by atoms with Crippen LogP contribution in [-0.2, 0) is 4.74 Å². The molecule has 1 aliphatic heterocycles. The van der Waals surface area contributed by atoms with E-state index in [4.69, 9.17) is 23.4 Å². The van der Waals surface area contributed by atoms with E-state index < -0.39 is 42.9 Å². The molecule has 1 aromatic heterocycles. The number of aliphatic hydroxyl groups is 4. The second-order valence-corrected chi connectivity index (χ2v) is 7.52. The molecule has 0 spiro atoms. The fraction of sp³-hybridized carbons (Fsp3) is 0.348. The summed E-state index contributed by atoms with van der Waals surface area (Å²) in [6.07, 6.45) is -7.35. The summed E-state index contributed by atoms with van der Waals surface area (Å²) in [5.74, 6) is 1.06. The molecule has 0 aliphatic carbocycles. The molecule has 1 fully saturated rings. The Labute approximate surface area is 188 Å². The van der Waals surface area contributed by atoms with Gasteiger partial charge in [0.25, 0.3) is 0 Å². The first kappa shape index (κ1) is 23.0. The Balaban J connectivity index is 1.85. The third-order valence-electron chi connectivity index (χ3n) is 5.51. The molecular weight excluding hydrogens is 436 g/mol. The highest BCUT2D eigenvalue weighted by Gasteiger charge is 2.45. The van der Waals surface area contributed by atoms with Crippen molar-refractivity contribution in [2.45, 2.75) is 30.7 Å². The van der Waals surface area contributed by atoms with Gasteiger partial charge in [0.15, 0.2) is 0 Å². The first-order valence-electron chi connectivity index (χ1n) is 10.1. The summed E-state index contributed by atoms with van der Waals surface area (Å²) in [5, 5.41) is 40.4. The summed E-state index contributed by atoms with van der Waals surface area (Å²) in [6, 6.07) is 11.3. The highest BCUT2D eigenvalue weighted by atomic mass is 16.7. The van der Waals surface area contributed by atoms with Crippen molar-refractivity contribution in [3.05, 3.63) is 52.9 Å². The topological polar surface area (TPSA) is 148 Å². The highest BCUT2D eigenvalue weighted by molar-refractivity contribution is 5.98. The summed E-state index contributed by atoms with van der Waals surface area (Å²) in [5.41, 5.74) is 0.705. The van der Waals surface area contributed by atoms with Crippen molar-refractivity contribution in [1.82, 2.24) is 0 Å². The lowest BCUT2D eigenvalue weighted by Crippen LogP contribution is -2.60. The van der Waals surface area contributed by atoms with Crippen LogP contribution in [0.5, 0.6) is 17.2 Å². The van der Waals surface area contributed by atoms with Crippen molar-refractivity contribution in [3.8, 4) is 28.4 Å². The molecule has 176 valence electrons. The number of hydrogen-bond donors (Lipinski definition) is 4. The number of aliphatic hydroxyl groups excluding tert-OH is 4. The van der Waals surface area contributed by atoms with Crippen LogP contribution in [0.3, 0.4) is 0 Å². The number of hydrogen-bond acceptors (Lipinski definition) is 10. The quantitative estimate of drug-likeness (QED) is 0.387. The number of benzene rings is 2. The van der Waals surface area contributed by atoms with Gasteiger partial charge < -0.3 is 43.8 Å². The zero-order chi connectivity index (χ0) is 23.7. The van der Waals surface area contributed by atoms with E-state index >= 15 is 0 Å². The van der Waals surface area contributed by atoms with Gasteiger partial charge in [0.2, 0.25) is 6.29 Å². The average molecular weight is 460 g/mol. The molecule has 5 atom stereocenters. The summed E-state index contributed by atoms with van der Waals surface area (Å²) >= 11 is 0. The monoisotopic (exact) mass is 460 g/mol. The minimum Gasteiger partial charge on any atom is -0.497 e. The number of ether oxygens (including phenoxy) is 4. The van der Waals surface area contributed by atoms with Crippen molar-refractivity contribution >= 4 is 11.0 Å². The standard InChI is InChI=1S/C23H24O10/c1-29-12-5-3-11(4-6-12)14-9-18(25)31-15-7-13(30-2)8-16(19(14)15)32-23-22(28)21(27)20(26)17(10-24)33-23/h3-9,17,20-24,26-28H,10H2,1-2H3/t17?,20-,21-,22?,23+/m0/s1. The van der Waals surface area contributed by atoms with Crippen molar-refractivity contribution in [3.63, 3.8) is 0 Å². The van der Waals surface area contributed by atoms with Crippen LogP contribution in [-0.4, -0.2) is 72.0 Å². The van der Waals surface area contributed by atoms with Gasteiger partial charge in [-0.2, -0.15) is 0 Å². The van der Waals surface area contributed by atoms with E-state index in [0.717, 1.165) is 0 Å². The largest absolute Gasteiger partial charge is 0.497 e. The third kappa shape index (κ3) is 4.39. The Morgan fingerprint density at radius 3 is 2.24 bits per heavy atom. The van der Waals surface area contributed by atoms with Crippen molar-refractivity contribution < 1.29 is 43.8 Å². The Bertz CT molecular complexity index is 1170. The zero-order valence-corrected chi connectivity index (χ0v) is 17.9. The molecule has 1 aliphatic rings. The fourth-order valence-electron chi connectivity index (χ4n) is 3.74. The molecule has 33 heavy (non-hydrogen) atoms. The summed E-state index contributed by atoms with van der Waals surface area (Å²) in [7, 11) is 2.96. The van der Waals surface area contributed by atoms with Crippen LogP contribution in [0.25, 0.3) is 22.1 Å². The van der Waals surface area contributed by atoms with Crippen LogP contribution >= 0.6 is 0 Å². The molecule has 4 rings (SSSR count). The van der Waals surface area contributed by atoms with E-state index in [1.807, 2.05) is 0 Å². The first-order chi connectivity index (χ1) is 15.9. The molecule has 0 radical (unpaired) electrons. The lowest BCUT2D eigenvalue weighted by atomic mass is 9.99. The van der Waals surface area contributed by atoms with Crippen LogP contribution in [0, 0.1) is 0 Å². The van der Waals surface area contributed by atoms with Gasteiger partial charge in [-0.25, -0.2) is 4.79 Å². The van der Waals surface area contributed by atoms with Crippen molar-refractivity contribution in [2.24, 2.45) is 0 Å². The predicted octanol–water partition coefficient (Wildman–Crippen LogP) is 0.656. The lowest BCUT2D eigenvalue weighted by molar-refractivity contribution is -0.277. The molecular formula is C23H24O10. The van der Waals surface area contributed by atoms with Gasteiger partial charge >= 0.3 is 5.63 Å². The van der Waals surface area contributed by atoms with E-state index in [1.54, 1.807) is 31.4 Å². The molecule has 10 heteroatoms. The van der Waals surface area contributed by atoms with Crippen LogP contribution in [0.2, 0.25) is 0 Å². The maximum Gasteiger partial charge on any atom is 0.336 e. The van der Waals surface area contributed by atoms with Gasteiger partial charge in [0.1, 0.15) is 47.2 Å². The minimum absolute atomic E-state index is 0.128.